The quantitative estimate of drug-likeness (QED) is 0.517. The van der Waals surface area contributed by atoms with E-state index in [9.17, 15) is 4.79 Å². The fraction of sp³-hybridized carbons (Fsp3) is 0.583. The Morgan fingerprint density at radius 3 is 2.50 bits per heavy atom. The van der Waals surface area contributed by atoms with Crippen LogP contribution in [0.25, 0.3) is 0 Å². The molecule has 14 heavy (non-hydrogen) atoms. The number of hydrogen-bond donors (Lipinski definition) is 0. The van der Waals surface area contributed by atoms with E-state index in [-0.39, 0.29) is 11.2 Å². The Labute approximate surface area is 89.8 Å². The van der Waals surface area contributed by atoms with Crippen LogP contribution in [0.3, 0.4) is 0 Å². The first-order valence-corrected chi connectivity index (χ1v) is 5.58. The average Bonchev–Trinajstić information content (AvgIpc) is 2.74. The summed E-state index contributed by atoms with van der Waals surface area (Å²) in [5, 5.41) is -0.179. The molecule has 0 aliphatic heterocycles. The Morgan fingerprint density at radius 1 is 1.43 bits per heavy atom. The second kappa shape index (κ2) is 3.54. The second-order valence-corrected chi connectivity index (χ2v) is 4.69. The maximum absolute atomic E-state index is 11.4. The zero-order valence-electron chi connectivity index (χ0n) is 8.37. The molecule has 2 bridgehead atoms. The second-order valence-electron chi connectivity index (χ2n) is 4.32. The molecule has 2 rings (SSSR count). The van der Waals surface area contributed by atoms with Crippen LogP contribution in [0.2, 0.25) is 0 Å². The van der Waals surface area contributed by atoms with Crippen LogP contribution in [0.4, 0.5) is 0 Å². The highest BCUT2D eigenvalue weighted by molar-refractivity contribution is 6.64. The molecule has 0 radical (unpaired) electrons. The van der Waals surface area contributed by atoms with Crippen molar-refractivity contribution in [2.75, 3.05) is 0 Å². The van der Waals surface area contributed by atoms with Crippen LogP contribution in [0.15, 0.2) is 24.3 Å². The molecule has 2 unspecified atom stereocenters. The molecule has 4 atom stereocenters. The monoisotopic (exact) mass is 210 g/mol. The van der Waals surface area contributed by atoms with Crippen molar-refractivity contribution in [1.29, 1.82) is 0 Å². The molecule has 2 aliphatic rings. The lowest BCUT2D eigenvalue weighted by Crippen LogP contribution is -2.25. The van der Waals surface area contributed by atoms with Crippen LogP contribution in [0.1, 0.15) is 19.8 Å². The topological polar surface area (TPSA) is 17.1 Å². The minimum Gasteiger partial charge on any atom is -0.281 e. The highest BCUT2D eigenvalue weighted by Gasteiger charge is 2.47. The highest BCUT2D eigenvalue weighted by Crippen LogP contribution is 2.51. The van der Waals surface area contributed by atoms with Gasteiger partial charge in [-0.05, 0) is 42.2 Å². The molecule has 2 heteroatoms. The molecule has 0 heterocycles. The van der Waals surface area contributed by atoms with Gasteiger partial charge >= 0.3 is 0 Å². The van der Waals surface area contributed by atoms with Crippen LogP contribution < -0.4 is 0 Å². The lowest BCUT2D eigenvalue weighted by atomic mass is 9.78. The summed E-state index contributed by atoms with van der Waals surface area (Å²) in [7, 11) is 0. The van der Waals surface area contributed by atoms with E-state index < -0.39 is 0 Å². The van der Waals surface area contributed by atoms with Gasteiger partial charge in [-0.1, -0.05) is 31.2 Å². The van der Waals surface area contributed by atoms with Gasteiger partial charge in [0.2, 0.25) is 5.24 Å². The summed E-state index contributed by atoms with van der Waals surface area (Å²) in [6.45, 7) is 6.15. The number of rotatable bonds is 3. The molecule has 0 N–H and O–H groups in total. The fourth-order valence-electron chi connectivity index (χ4n) is 2.92. The Hall–Kier alpha value is -0.560. The van der Waals surface area contributed by atoms with Crippen LogP contribution in [0, 0.1) is 23.7 Å². The van der Waals surface area contributed by atoms with Crippen molar-refractivity contribution in [3.8, 4) is 0 Å². The van der Waals surface area contributed by atoms with E-state index in [1.807, 2.05) is 0 Å². The van der Waals surface area contributed by atoms with Crippen LogP contribution in [-0.2, 0) is 4.79 Å². The number of hydrogen-bond acceptors (Lipinski definition) is 1. The predicted molar refractivity (Wildman–Crippen MR) is 58.0 cm³/mol. The number of allylic oxidation sites excluding steroid dienone is 3. The summed E-state index contributed by atoms with van der Waals surface area (Å²) in [4.78, 5) is 11.4. The van der Waals surface area contributed by atoms with Gasteiger partial charge in [-0.15, -0.1) is 0 Å². The van der Waals surface area contributed by atoms with E-state index in [0.717, 1.165) is 12.8 Å². The molecule has 0 aromatic carbocycles. The van der Waals surface area contributed by atoms with E-state index in [1.54, 1.807) is 0 Å². The van der Waals surface area contributed by atoms with Gasteiger partial charge < -0.3 is 0 Å². The standard InChI is InChI=1S/C12H15ClO/c1-3-7(2)10-8-4-5-9(6-8)11(10)12(13)14/h4-5,8-11H,2-3,6H2,1H3/t8?,9?,10-,11+/m0/s1. The van der Waals surface area contributed by atoms with Gasteiger partial charge in [-0.25, -0.2) is 0 Å². The Bertz CT molecular complexity index is 305. The van der Waals surface area contributed by atoms with E-state index in [4.69, 9.17) is 11.6 Å². The molecule has 0 aromatic heterocycles. The van der Waals surface area contributed by atoms with Crippen molar-refractivity contribution in [3.05, 3.63) is 24.3 Å². The lowest BCUT2D eigenvalue weighted by Gasteiger charge is -2.26. The van der Waals surface area contributed by atoms with Crippen molar-refractivity contribution in [2.45, 2.75) is 19.8 Å². The maximum Gasteiger partial charge on any atom is 0.225 e. The third-order valence-corrected chi connectivity index (χ3v) is 3.90. The Morgan fingerprint density at radius 2 is 2.00 bits per heavy atom. The van der Waals surface area contributed by atoms with E-state index in [1.165, 1.54) is 5.57 Å². The first-order chi connectivity index (χ1) is 6.65. The van der Waals surface area contributed by atoms with Crippen molar-refractivity contribution in [1.82, 2.24) is 0 Å². The predicted octanol–water partition coefficient (Wildman–Crippen LogP) is 3.16. The van der Waals surface area contributed by atoms with Crippen LogP contribution >= 0.6 is 11.6 Å². The maximum atomic E-state index is 11.4. The number of carbonyl (C=O) groups is 1. The zero-order valence-corrected chi connectivity index (χ0v) is 9.13. The number of fused-ring (bicyclic) bond motifs is 2. The molecule has 1 nitrogen and oxygen atoms in total. The van der Waals surface area contributed by atoms with E-state index >= 15 is 0 Å². The largest absolute Gasteiger partial charge is 0.281 e. The molecule has 2 aliphatic carbocycles. The highest BCUT2D eigenvalue weighted by atomic mass is 35.5. The summed E-state index contributed by atoms with van der Waals surface area (Å²) in [6.07, 6.45) is 6.41. The molecule has 0 amide bonds. The molecule has 1 saturated carbocycles. The number of carbonyl (C=O) groups excluding carboxylic acids is 1. The van der Waals surface area contributed by atoms with Crippen molar-refractivity contribution >= 4 is 16.8 Å². The molecular formula is C12H15ClO. The first-order valence-electron chi connectivity index (χ1n) is 5.20. The van der Waals surface area contributed by atoms with Crippen molar-refractivity contribution < 1.29 is 4.79 Å². The third-order valence-electron chi connectivity index (χ3n) is 3.65. The summed E-state index contributed by atoms with van der Waals surface area (Å²) < 4.78 is 0. The lowest BCUT2D eigenvalue weighted by molar-refractivity contribution is -0.116. The fourth-order valence-corrected chi connectivity index (χ4v) is 3.22. The molecule has 1 fully saturated rings. The van der Waals surface area contributed by atoms with Gasteiger partial charge in [0.15, 0.2) is 0 Å². The van der Waals surface area contributed by atoms with E-state index in [2.05, 4.69) is 25.7 Å². The van der Waals surface area contributed by atoms with Crippen LogP contribution in [-0.4, -0.2) is 5.24 Å². The van der Waals surface area contributed by atoms with Gasteiger partial charge in [0.05, 0.1) is 0 Å². The van der Waals surface area contributed by atoms with Gasteiger partial charge in [0.25, 0.3) is 0 Å². The molecule has 76 valence electrons. The van der Waals surface area contributed by atoms with Gasteiger partial charge in [0.1, 0.15) is 0 Å². The molecule has 0 aromatic rings. The average molecular weight is 211 g/mol. The van der Waals surface area contributed by atoms with Crippen molar-refractivity contribution in [3.63, 3.8) is 0 Å². The summed E-state index contributed by atoms with van der Waals surface area (Å²) >= 11 is 5.66. The smallest absolute Gasteiger partial charge is 0.225 e. The SMILES string of the molecule is C=C(CC)[C@H]1C2C=CC(C2)[C@H]1C(=O)Cl. The zero-order chi connectivity index (χ0) is 10.3. The minimum atomic E-state index is -0.179. The van der Waals surface area contributed by atoms with E-state index in [0.29, 0.717) is 17.8 Å². The molecular weight excluding hydrogens is 196 g/mol. The summed E-state index contributed by atoms with van der Waals surface area (Å²) in [5.74, 6) is 1.19. The van der Waals surface area contributed by atoms with Gasteiger partial charge in [0, 0.05) is 5.92 Å². The van der Waals surface area contributed by atoms with Gasteiger partial charge in [-0.2, -0.15) is 0 Å². The molecule has 0 spiro atoms. The molecule has 0 saturated heterocycles. The Kier molecular flexibility index (Phi) is 2.52. The first kappa shape index (κ1) is 9.97. The Balaban J connectivity index is 2.26. The summed E-state index contributed by atoms with van der Waals surface area (Å²) in [6, 6.07) is 0. The van der Waals surface area contributed by atoms with Crippen molar-refractivity contribution in [2.24, 2.45) is 23.7 Å². The third kappa shape index (κ3) is 1.35. The summed E-state index contributed by atoms with van der Waals surface area (Å²) in [5.41, 5.74) is 1.18. The van der Waals surface area contributed by atoms with Crippen LogP contribution in [0.5, 0.6) is 0 Å². The normalized spacial score (nSPS) is 39.0. The number of halogens is 1. The van der Waals surface area contributed by atoms with Gasteiger partial charge in [-0.3, -0.25) is 4.79 Å². The minimum absolute atomic E-state index is 0.000818.